The van der Waals surface area contributed by atoms with Gasteiger partial charge in [0.25, 0.3) is 5.56 Å². The van der Waals surface area contributed by atoms with Gasteiger partial charge in [-0.3, -0.25) is 19.4 Å². The number of rotatable bonds is 6. The minimum absolute atomic E-state index is 0.0675. The Balaban J connectivity index is 1.78. The first-order chi connectivity index (χ1) is 15.1. The van der Waals surface area contributed by atoms with Gasteiger partial charge in [0.05, 0.1) is 11.4 Å². The second-order valence-corrected chi connectivity index (χ2v) is 8.61. The molecule has 0 aliphatic carbocycles. The van der Waals surface area contributed by atoms with Crippen LogP contribution in [0.25, 0.3) is 11.3 Å². The van der Waals surface area contributed by atoms with E-state index in [0.717, 1.165) is 39.7 Å². The van der Waals surface area contributed by atoms with Crippen molar-refractivity contribution in [1.29, 1.82) is 0 Å². The van der Waals surface area contributed by atoms with Gasteiger partial charge in [-0.1, -0.05) is 35.5 Å². The number of amides is 2. The fourth-order valence-corrected chi connectivity index (χ4v) is 3.85. The molecule has 1 heterocycles. The third-order valence-electron chi connectivity index (χ3n) is 4.72. The zero-order valence-electron chi connectivity index (χ0n) is 18.6. The Morgan fingerprint density at radius 2 is 1.72 bits per heavy atom. The third-order valence-corrected chi connectivity index (χ3v) is 5.58. The van der Waals surface area contributed by atoms with Crippen LogP contribution in [0.5, 0.6) is 0 Å². The van der Waals surface area contributed by atoms with E-state index in [2.05, 4.69) is 25.8 Å². The molecule has 0 atom stereocenters. The molecule has 3 rings (SSSR count). The number of aromatic amines is 1. The van der Waals surface area contributed by atoms with Crippen LogP contribution in [0.1, 0.15) is 29.2 Å². The first-order valence-electron chi connectivity index (χ1n) is 10.00. The average molecular weight is 452 g/mol. The minimum Gasteiger partial charge on any atom is -0.325 e. The molecule has 2 amide bonds. The van der Waals surface area contributed by atoms with Crippen molar-refractivity contribution in [3.05, 3.63) is 62.9 Å². The molecule has 0 radical (unpaired) electrons. The van der Waals surface area contributed by atoms with Crippen LogP contribution >= 0.6 is 11.8 Å². The van der Waals surface area contributed by atoms with Crippen LogP contribution in [0.15, 0.2) is 40.3 Å². The summed E-state index contributed by atoms with van der Waals surface area (Å²) in [7, 11) is 0. The number of thioether (sulfide) groups is 1. The van der Waals surface area contributed by atoms with E-state index in [1.165, 1.54) is 6.92 Å². The highest BCUT2D eigenvalue weighted by atomic mass is 32.2. The van der Waals surface area contributed by atoms with Gasteiger partial charge in [-0.25, -0.2) is 0 Å². The molecule has 2 aromatic carbocycles. The van der Waals surface area contributed by atoms with E-state index in [9.17, 15) is 14.4 Å². The molecule has 3 aromatic rings. The Bertz CT molecular complexity index is 1250. The Morgan fingerprint density at radius 3 is 2.41 bits per heavy atom. The van der Waals surface area contributed by atoms with Crippen molar-refractivity contribution in [2.45, 2.75) is 39.8 Å². The summed E-state index contributed by atoms with van der Waals surface area (Å²) in [6.45, 7) is 9.03. The van der Waals surface area contributed by atoms with Gasteiger partial charge in [-0.05, 0) is 56.5 Å². The van der Waals surface area contributed by atoms with Gasteiger partial charge in [0, 0.05) is 18.2 Å². The zero-order valence-corrected chi connectivity index (χ0v) is 19.4. The van der Waals surface area contributed by atoms with Crippen LogP contribution < -0.4 is 16.2 Å². The number of carbonyl (C=O) groups excluding carboxylic acids is 2. The molecule has 0 aliphatic rings. The van der Waals surface area contributed by atoms with Crippen molar-refractivity contribution in [3.8, 4) is 11.3 Å². The van der Waals surface area contributed by atoms with Gasteiger partial charge in [0.15, 0.2) is 10.9 Å². The normalized spacial score (nSPS) is 10.7. The number of aryl methyl sites for hydroxylation is 4. The van der Waals surface area contributed by atoms with Gasteiger partial charge >= 0.3 is 0 Å². The molecule has 32 heavy (non-hydrogen) atoms. The molecule has 0 aliphatic heterocycles. The summed E-state index contributed by atoms with van der Waals surface area (Å²) in [5.74, 6) is -0.389. The highest BCUT2D eigenvalue weighted by molar-refractivity contribution is 7.99. The lowest BCUT2D eigenvalue weighted by atomic mass is 10.0. The summed E-state index contributed by atoms with van der Waals surface area (Å²) in [5.41, 5.74) is 5.19. The van der Waals surface area contributed by atoms with Crippen LogP contribution in [0, 0.1) is 27.7 Å². The van der Waals surface area contributed by atoms with E-state index < -0.39 is 5.56 Å². The van der Waals surface area contributed by atoms with E-state index in [4.69, 9.17) is 0 Å². The fourth-order valence-electron chi connectivity index (χ4n) is 3.25. The molecule has 1 aromatic heterocycles. The van der Waals surface area contributed by atoms with E-state index in [0.29, 0.717) is 11.3 Å². The predicted molar refractivity (Wildman–Crippen MR) is 127 cm³/mol. The molecular weight excluding hydrogens is 426 g/mol. The summed E-state index contributed by atoms with van der Waals surface area (Å²) < 4.78 is 0. The first-order valence-corrected chi connectivity index (χ1v) is 11.0. The number of aromatic nitrogens is 3. The lowest BCUT2D eigenvalue weighted by Gasteiger charge is -2.13. The van der Waals surface area contributed by atoms with Gasteiger partial charge in [-0.2, -0.15) is 0 Å². The summed E-state index contributed by atoms with van der Waals surface area (Å²) in [6.07, 6.45) is 0. The summed E-state index contributed by atoms with van der Waals surface area (Å²) in [4.78, 5) is 39.4. The van der Waals surface area contributed by atoms with Gasteiger partial charge < -0.3 is 10.6 Å². The number of benzene rings is 2. The van der Waals surface area contributed by atoms with Crippen molar-refractivity contribution in [3.63, 3.8) is 0 Å². The SMILES string of the molecule is CC(=O)Nc1c(C)cc(C)cc1-c1nnc(SCC(=O)Nc2cc(C)ccc2C)[nH]c1=O. The topological polar surface area (TPSA) is 117 Å². The smallest absolute Gasteiger partial charge is 0.278 e. The second kappa shape index (κ2) is 9.78. The number of nitrogens with one attached hydrogen (secondary N) is 3. The first kappa shape index (κ1) is 23.2. The zero-order chi connectivity index (χ0) is 23.4. The maximum Gasteiger partial charge on any atom is 0.278 e. The van der Waals surface area contributed by atoms with Gasteiger partial charge in [0.2, 0.25) is 11.8 Å². The maximum absolute atomic E-state index is 12.7. The van der Waals surface area contributed by atoms with Crippen LogP contribution in [-0.2, 0) is 9.59 Å². The molecule has 0 fully saturated rings. The Hall–Kier alpha value is -3.46. The lowest BCUT2D eigenvalue weighted by molar-refractivity contribution is -0.114. The van der Waals surface area contributed by atoms with Crippen LogP contribution in [0.4, 0.5) is 11.4 Å². The summed E-state index contributed by atoms with van der Waals surface area (Å²) in [6, 6.07) is 9.53. The number of nitrogens with zero attached hydrogens (tertiary/aromatic N) is 2. The molecule has 9 heteroatoms. The fraction of sp³-hybridized carbons (Fsp3) is 0.261. The van der Waals surface area contributed by atoms with Crippen LogP contribution in [0.2, 0.25) is 0 Å². The molecule has 3 N–H and O–H groups in total. The van der Waals surface area contributed by atoms with Crippen molar-refractivity contribution in [2.24, 2.45) is 0 Å². The monoisotopic (exact) mass is 451 g/mol. The van der Waals surface area contributed by atoms with Crippen molar-refractivity contribution >= 4 is 35.0 Å². The van der Waals surface area contributed by atoms with E-state index >= 15 is 0 Å². The van der Waals surface area contributed by atoms with E-state index in [1.807, 2.05) is 52.0 Å². The van der Waals surface area contributed by atoms with Crippen molar-refractivity contribution < 1.29 is 9.59 Å². The van der Waals surface area contributed by atoms with Gasteiger partial charge in [0.1, 0.15) is 0 Å². The number of anilines is 2. The maximum atomic E-state index is 12.7. The summed E-state index contributed by atoms with van der Waals surface area (Å²) in [5, 5.41) is 14.0. The standard InChI is InChI=1S/C23H25N5O3S/c1-12-6-7-14(3)18(10-12)25-19(30)11-32-23-26-22(31)21(27-28-23)17-9-13(2)8-15(4)20(17)24-16(5)29/h6-10H,11H2,1-5H3,(H,24,29)(H,25,30)(H,26,28,31). The highest BCUT2D eigenvalue weighted by Gasteiger charge is 2.16. The molecular formula is C23H25N5O3S. The number of H-pyrrole nitrogens is 1. The predicted octanol–water partition coefficient (Wildman–Crippen LogP) is 3.75. The largest absolute Gasteiger partial charge is 0.325 e. The molecule has 0 unspecified atom stereocenters. The Morgan fingerprint density at radius 1 is 0.969 bits per heavy atom. The van der Waals surface area contributed by atoms with Crippen molar-refractivity contribution in [2.75, 3.05) is 16.4 Å². The molecule has 0 bridgehead atoms. The summed E-state index contributed by atoms with van der Waals surface area (Å²) >= 11 is 1.09. The molecule has 8 nitrogen and oxygen atoms in total. The van der Waals surface area contributed by atoms with Crippen LogP contribution in [0.3, 0.4) is 0 Å². The quantitative estimate of drug-likeness (QED) is 0.492. The molecule has 0 saturated heterocycles. The number of hydrogen-bond acceptors (Lipinski definition) is 6. The Labute approximate surface area is 190 Å². The van der Waals surface area contributed by atoms with Crippen LogP contribution in [-0.4, -0.2) is 32.7 Å². The third kappa shape index (κ3) is 5.61. The highest BCUT2D eigenvalue weighted by Crippen LogP contribution is 2.29. The van der Waals surface area contributed by atoms with E-state index in [1.54, 1.807) is 6.07 Å². The average Bonchev–Trinajstić information content (AvgIpc) is 2.71. The van der Waals surface area contributed by atoms with E-state index in [-0.39, 0.29) is 28.4 Å². The molecule has 166 valence electrons. The minimum atomic E-state index is -0.450. The lowest BCUT2D eigenvalue weighted by Crippen LogP contribution is -2.18. The molecule has 0 spiro atoms. The Kier molecular flexibility index (Phi) is 7.09. The number of hydrogen-bond donors (Lipinski definition) is 3. The van der Waals surface area contributed by atoms with Crippen molar-refractivity contribution in [1.82, 2.24) is 15.2 Å². The number of carbonyl (C=O) groups is 2. The van der Waals surface area contributed by atoms with Gasteiger partial charge in [-0.15, -0.1) is 10.2 Å². The molecule has 0 saturated carbocycles. The second-order valence-electron chi connectivity index (χ2n) is 7.65.